The molecule has 2 heterocycles. The number of aryl methyl sites for hydroxylation is 1. The van der Waals surface area contributed by atoms with Crippen LogP contribution in [0, 0.1) is 0 Å². The van der Waals surface area contributed by atoms with Crippen molar-refractivity contribution in [3.05, 3.63) is 63.1 Å². The zero-order valence-corrected chi connectivity index (χ0v) is 21.0. The molecule has 0 fully saturated rings. The van der Waals surface area contributed by atoms with Crippen molar-refractivity contribution in [2.45, 2.75) is 38.4 Å². The van der Waals surface area contributed by atoms with E-state index in [9.17, 15) is 9.59 Å². The first-order valence-corrected chi connectivity index (χ1v) is 12.3. The highest BCUT2D eigenvalue weighted by Gasteiger charge is 2.38. The number of amidine groups is 1. The predicted molar refractivity (Wildman–Crippen MR) is 137 cm³/mol. The van der Waals surface area contributed by atoms with Gasteiger partial charge < -0.3 is 4.90 Å². The van der Waals surface area contributed by atoms with Crippen LogP contribution in [0.2, 0.25) is 10.0 Å². The molecule has 2 aromatic rings. The third kappa shape index (κ3) is 4.67. The first kappa shape index (κ1) is 23.8. The number of imide groups is 1. The number of carbonyl (C=O) groups excluding carboxylic acids is 2. The molecule has 9 heteroatoms. The Bertz CT molecular complexity index is 1180. The molecular weight excluding hydrogens is 479 g/mol. The number of anilines is 1. The molecule has 2 amide bonds. The van der Waals surface area contributed by atoms with Crippen LogP contribution in [0.1, 0.15) is 43.9 Å². The van der Waals surface area contributed by atoms with Gasteiger partial charge in [0.25, 0.3) is 0 Å². The van der Waals surface area contributed by atoms with E-state index in [-0.39, 0.29) is 5.24 Å². The van der Waals surface area contributed by atoms with E-state index in [0.29, 0.717) is 28.7 Å². The molecule has 0 unspecified atom stereocenters. The van der Waals surface area contributed by atoms with Crippen molar-refractivity contribution in [2.75, 3.05) is 18.0 Å². The maximum Gasteiger partial charge on any atom is 0.309 e. The van der Waals surface area contributed by atoms with Crippen LogP contribution in [0.15, 0.2) is 46.5 Å². The van der Waals surface area contributed by atoms with Crippen molar-refractivity contribution in [2.24, 2.45) is 10.1 Å². The smallest absolute Gasteiger partial charge is 0.309 e. The van der Waals surface area contributed by atoms with Crippen molar-refractivity contribution >= 4 is 63.8 Å². The number of hydrogen-bond donors (Lipinski definition) is 0. The molecular formula is C24H24Cl2N4O2S. The Morgan fingerprint density at radius 2 is 2.03 bits per heavy atom. The molecule has 4 rings (SSSR count). The Kier molecular flexibility index (Phi) is 6.84. The number of aliphatic imine (C=N–C) groups is 1. The second-order valence-electron chi connectivity index (χ2n) is 8.30. The van der Waals surface area contributed by atoms with Gasteiger partial charge in [0, 0.05) is 29.4 Å². The molecule has 0 aliphatic carbocycles. The number of rotatable bonds is 4. The molecule has 6 nitrogen and oxygen atoms in total. The number of hydrogen-bond acceptors (Lipinski definition) is 5. The Hall–Kier alpha value is -2.35. The summed E-state index contributed by atoms with van der Waals surface area (Å²) < 4.78 is -0.551. The molecule has 0 N–H and O–H groups in total. The molecule has 0 saturated carbocycles. The van der Waals surface area contributed by atoms with E-state index in [1.807, 2.05) is 39.0 Å². The topological polar surface area (TPSA) is 65.3 Å². The standard InChI is InChI=1S/C24H24Cl2N4O2S/c1-4-27-22(18-9-8-17(25)13-19(18)26)29-11-5-6-15-12-16(7-10-20(15)29)21-24(2,3)33-23(32)30(14-31)28-21/h7-10,12-14H,4-6,11H2,1-3H3/b27-22-. The highest BCUT2D eigenvalue weighted by atomic mass is 35.5. The first-order valence-electron chi connectivity index (χ1n) is 10.7. The van der Waals surface area contributed by atoms with Gasteiger partial charge >= 0.3 is 5.24 Å². The summed E-state index contributed by atoms with van der Waals surface area (Å²) in [5.41, 5.74) is 4.65. The fourth-order valence-corrected chi connectivity index (χ4v) is 5.52. The van der Waals surface area contributed by atoms with Gasteiger partial charge in [0.15, 0.2) is 0 Å². The van der Waals surface area contributed by atoms with Crippen LogP contribution >= 0.6 is 35.0 Å². The third-order valence-corrected chi connectivity index (χ3v) is 7.23. The number of nitrogens with zero attached hydrogens (tertiary/aromatic N) is 4. The second-order valence-corrected chi connectivity index (χ2v) is 10.7. The van der Waals surface area contributed by atoms with E-state index < -0.39 is 4.75 Å². The zero-order valence-electron chi connectivity index (χ0n) is 18.6. The van der Waals surface area contributed by atoms with E-state index in [4.69, 9.17) is 28.2 Å². The molecule has 172 valence electrons. The minimum Gasteiger partial charge on any atom is -0.326 e. The number of thioether (sulfide) groups is 1. The number of benzene rings is 2. The monoisotopic (exact) mass is 502 g/mol. The molecule has 0 saturated heterocycles. The van der Waals surface area contributed by atoms with Crippen LogP contribution in [-0.4, -0.2) is 46.0 Å². The summed E-state index contributed by atoms with van der Waals surface area (Å²) in [6.45, 7) is 7.32. The lowest BCUT2D eigenvalue weighted by molar-refractivity contribution is -0.115. The lowest BCUT2D eigenvalue weighted by Gasteiger charge is -2.35. The molecule has 0 radical (unpaired) electrons. The van der Waals surface area contributed by atoms with E-state index in [0.717, 1.165) is 64.4 Å². The van der Waals surface area contributed by atoms with Crippen LogP contribution < -0.4 is 4.90 Å². The lowest BCUT2D eigenvalue weighted by atomic mass is 9.93. The fourth-order valence-electron chi connectivity index (χ4n) is 4.16. The van der Waals surface area contributed by atoms with Crippen LogP contribution in [0.25, 0.3) is 0 Å². The average molecular weight is 503 g/mol. The molecule has 0 aromatic heterocycles. The second kappa shape index (κ2) is 9.49. The van der Waals surface area contributed by atoms with Crippen molar-refractivity contribution in [1.29, 1.82) is 0 Å². The number of hydrazone groups is 1. The summed E-state index contributed by atoms with van der Waals surface area (Å²) in [7, 11) is 0. The summed E-state index contributed by atoms with van der Waals surface area (Å²) in [5, 5.41) is 5.99. The average Bonchev–Trinajstić information content (AvgIpc) is 2.77. The van der Waals surface area contributed by atoms with Crippen molar-refractivity contribution in [3.8, 4) is 0 Å². The van der Waals surface area contributed by atoms with Gasteiger partial charge in [-0.05, 0) is 86.8 Å². The van der Waals surface area contributed by atoms with Crippen molar-refractivity contribution < 1.29 is 9.59 Å². The Morgan fingerprint density at radius 1 is 1.24 bits per heavy atom. The first-order chi connectivity index (χ1) is 15.7. The van der Waals surface area contributed by atoms with Crippen LogP contribution in [-0.2, 0) is 11.2 Å². The molecule has 33 heavy (non-hydrogen) atoms. The molecule has 2 aromatic carbocycles. The van der Waals surface area contributed by atoms with Crippen molar-refractivity contribution in [1.82, 2.24) is 5.01 Å². The molecule has 0 bridgehead atoms. The SMILES string of the molecule is CC/N=C(/c1ccc(Cl)cc1Cl)N1CCCc2cc(C3=NN(C=O)C(=O)SC3(C)C)ccc21. The highest BCUT2D eigenvalue weighted by Crippen LogP contribution is 2.38. The molecule has 0 spiro atoms. The van der Waals surface area contributed by atoms with E-state index in [1.54, 1.807) is 6.07 Å². The van der Waals surface area contributed by atoms with Crippen molar-refractivity contribution in [3.63, 3.8) is 0 Å². The number of halogens is 2. The van der Waals surface area contributed by atoms with E-state index in [1.165, 1.54) is 0 Å². The highest BCUT2D eigenvalue weighted by molar-refractivity contribution is 8.15. The summed E-state index contributed by atoms with van der Waals surface area (Å²) in [6.07, 6.45) is 2.31. The quantitative estimate of drug-likeness (QED) is 0.291. The Morgan fingerprint density at radius 3 is 2.73 bits per heavy atom. The van der Waals surface area contributed by atoms with Gasteiger partial charge in [0.05, 0.1) is 15.5 Å². The lowest BCUT2D eigenvalue weighted by Crippen LogP contribution is -2.41. The van der Waals surface area contributed by atoms with Gasteiger partial charge in [0.1, 0.15) is 5.84 Å². The Balaban J connectivity index is 1.76. The number of amides is 2. The predicted octanol–water partition coefficient (Wildman–Crippen LogP) is 6.02. The largest absolute Gasteiger partial charge is 0.326 e. The number of fused-ring (bicyclic) bond motifs is 1. The minimum atomic E-state index is -0.551. The van der Waals surface area contributed by atoms with E-state index >= 15 is 0 Å². The normalized spacial score (nSPS) is 18.2. The van der Waals surface area contributed by atoms with Crippen LogP contribution in [0.4, 0.5) is 10.5 Å². The van der Waals surface area contributed by atoms with Crippen LogP contribution in [0.3, 0.4) is 0 Å². The van der Waals surface area contributed by atoms with Gasteiger partial charge in [-0.25, -0.2) is 0 Å². The third-order valence-electron chi connectivity index (χ3n) is 5.61. The fraction of sp³-hybridized carbons (Fsp3) is 0.333. The van der Waals surface area contributed by atoms with Crippen LogP contribution in [0.5, 0.6) is 0 Å². The van der Waals surface area contributed by atoms with Gasteiger partial charge in [-0.15, -0.1) is 0 Å². The van der Waals surface area contributed by atoms with Gasteiger partial charge in [-0.2, -0.15) is 10.1 Å². The van der Waals surface area contributed by atoms with Gasteiger partial charge in [-0.1, -0.05) is 29.3 Å². The van der Waals surface area contributed by atoms with E-state index in [2.05, 4.69) is 22.1 Å². The maximum atomic E-state index is 12.1. The number of carbonyl (C=O) groups is 2. The van der Waals surface area contributed by atoms with Gasteiger partial charge in [-0.3, -0.25) is 14.6 Å². The van der Waals surface area contributed by atoms with Gasteiger partial charge in [0.2, 0.25) is 6.41 Å². The molecule has 2 aliphatic rings. The summed E-state index contributed by atoms with van der Waals surface area (Å²) in [4.78, 5) is 30.4. The maximum absolute atomic E-state index is 12.1. The summed E-state index contributed by atoms with van der Waals surface area (Å²) in [5.74, 6) is 0.816. The summed E-state index contributed by atoms with van der Waals surface area (Å²) >= 11 is 13.7. The summed E-state index contributed by atoms with van der Waals surface area (Å²) in [6, 6.07) is 11.6. The molecule has 0 atom stereocenters. The zero-order chi connectivity index (χ0) is 23.8. The minimum absolute atomic E-state index is 0.372. The molecule has 2 aliphatic heterocycles. The Labute approximate surface area is 207 Å².